The third kappa shape index (κ3) is 8.38. The molecule has 0 aliphatic heterocycles. The Hall–Kier alpha value is -3.75. The first-order chi connectivity index (χ1) is 19.7. The minimum atomic E-state index is -0.544. The van der Waals surface area contributed by atoms with Crippen LogP contribution in [-0.2, 0) is 9.59 Å². The molecule has 0 aliphatic rings. The molecule has 0 spiro atoms. The Kier molecular flexibility index (Phi) is 10.5. The summed E-state index contributed by atoms with van der Waals surface area (Å²) in [7, 11) is 0. The van der Waals surface area contributed by atoms with Crippen LogP contribution in [0.2, 0.25) is 15.1 Å². The highest BCUT2D eigenvalue weighted by atomic mass is 35.5. The zero-order valence-electron chi connectivity index (χ0n) is 21.7. The third-order valence-corrected chi connectivity index (χ3v) is 7.97. The fourth-order valence-electron chi connectivity index (χ4n) is 3.63. The summed E-state index contributed by atoms with van der Waals surface area (Å²) in [5, 5.41) is 8.86. The summed E-state index contributed by atoms with van der Waals surface area (Å²) in [6, 6.07) is 27.6. The molecule has 0 aliphatic carbocycles. The molecule has 4 aromatic carbocycles. The van der Waals surface area contributed by atoms with Gasteiger partial charge in [0, 0.05) is 21.2 Å². The largest absolute Gasteiger partial charge is 0.324 e. The molecule has 0 aromatic heterocycles. The quantitative estimate of drug-likeness (QED) is 0.129. The summed E-state index contributed by atoms with van der Waals surface area (Å²) >= 11 is 19.8. The molecule has 1 atom stereocenters. The van der Waals surface area contributed by atoms with Crippen LogP contribution in [-0.4, -0.2) is 23.0 Å². The van der Waals surface area contributed by atoms with E-state index in [0.29, 0.717) is 32.5 Å². The Morgan fingerprint density at radius 2 is 1.46 bits per heavy atom. The van der Waals surface area contributed by atoms with E-state index in [1.165, 1.54) is 17.8 Å². The van der Waals surface area contributed by atoms with Gasteiger partial charge in [0.15, 0.2) is 0 Å². The highest BCUT2D eigenvalue weighted by Gasteiger charge is 2.18. The van der Waals surface area contributed by atoms with Crippen LogP contribution in [0.5, 0.6) is 0 Å². The number of halogens is 3. The first-order valence-electron chi connectivity index (χ1n) is 12.4. The molecule has 3 N–H and O–H groups in total. The van der Waals surface area contributed by atoms with Crippen LogP contribution in [0.4, 0.5) is 11.4 Å². The summed E-state index contributed by atoms with van der Waals surface area (Å²) in [4.78, 5) is 39.8. The second-order valence-electron chi connectivity index (χ2n) is 8.73. The minimum Gasteiger partial charge on any atom is -0.324 e. The summed E-state index contributed by atoms with van der Waals surface area (Å²) < 4.78 is 0. The maximum atomic E-state index is 13.4. The molecule has 0 saturated carbocycles. The number of benzene rings is 4. The molecule has 4 rings (SSSR count). The maximum Gasteiger partial charge on any atom is 0.272 e. The van der Waals surface area contributed by atoms with Crippen molar-refractivity contribution in [3.05, 3.63) is 129 Å². The van der Waals surface area contributed by atoms with Gasteiger partial charge in [-0.3, -0.25) is 14.4 Å². The Bertz CT molecular complexity index is 1610. The van der Waals surface area contributed by atoms with Gasteiger partial charge in [-0.05, 0) is 67.1 Å². The van der Waals surface area contributed by atoms with Crippen LogP contribution >= 0.6 is 46.6 Å². The van der Waals surface area contributed by atoms with Gasteiger partial charge in [0.2, 0.25) is 5.91 Å². The maximum absolute atomic E-state index is 13.4. The van der Waals surface area contributed by atoms with E-state index in [-0.39, 0.29) is 16.6 Å². The molecule has 4 aromatic rings. The van der Waals surface area contributed by atoms with Crippen LogP contribution in [0.3, 0.4) is 0 Å². The zero-order chi connectivity index (χ0) is 29.4. The molecule has 41 heavy (non-hydrogen) atoms. The van der Waals surface area contributed by atoms with Crippen LogP contribution in [0.25, 0.3) is 6.08 Å². The van der Waals surface area contributed by atoms with Crippen molar-refractivity contribution in [2.45, 2.75) is 17.1 Å². The number of carbonyl (C=O) groups excluding carboxylic acids is 3. The first-order valence-corrected chi connectivity index (χ1v) is 14.4. The average Bonchev–Trinajstić information content (AvgIpc) is 2.96. The molecule has 1 unspecified atom stereocenters. The van der Waals surface area contributed by atoms with E-state index in [0.717, 1.165) is 4.90 Å². The molecule has 0 radical (unpaired) electrons. The number of carbonyl (C=O) groups is 3. The normalized spacial score (nSPS) is 11.9. The highest BCUT2D eigenvalue weighted by molar-refractivity contribution is 8.00. The Balaban J connectivity index is 1.49. The van der Waals surface area contributed by atoms with Crippen molar-refractivity contribution in [2.75, 3.05) is 10.6 Å². The summed E-state index contributed by atoms with van der Waals surface area (Å²) in [5.74, 6) is -1.25. The number of anilines is 2. The van der Waals surface area contributed by atoms with Gasteiger partial charge in [-0.1, -0.05) is 83.3 Å². The molecule has 208 valence electrons. The highest BCUT2D eigenvalue weighted by Crippen LogP contribution is 2.31. The van der Waals surface area contributed by atoms with Crippen LogP contribution in [0.15, 0.2) is 108 Å². The summed E-state index contributed by atoms with van der Waals surface area (Å²) in [6.07, 6.45) is 1.52. The van der Waals surface area contributed by atoms with E-state index in [1.54, 1.807) is 97.9 Å². The van der Waals surface area contributed by atoms with Gasteiger partial charge in [0.25, 0.3) is 11.8 Å². The second-order valence-corrected chi connectivity index (χ2v) is 11.3. The van der Waals surface area contributed by atoms with E-state index in [2.05, 4.69) is 16.0 Å². The van der Waals surface area contributed by atoms with Gasteiger partial charge in [0.05, 0.1) is 21.0 Å². The molecular weight excluding hydrogens is 601 g/mol. The van der Waals surface area contributed by atoms with Crippen LogP contribution in [0.1, 0.15) is 22.8 Å². The van der Waals surface area contributed by atoms with Crippen molar-refractivity contribution in [2.24, 2.45) is 0 Å². The number of hydrogen-bond acceptors (Lipinski definition) is 4. The number of thioether (sulfide) groups is 1. The topological polar surface area (TPSA) is 87.3 Å². The number of hydrogen-bond donors (Lipinski definition) is 3. The van der Waals surface area contributed by atoms with Gasteiger partial charge in [-0.2, -0.15) is 0 Å². The number of rotatable bonds is 9. The average molecular weight is 625 g/mol. The van der Waals surface area contributed by atoms with Crippen LogP contribution < -0.4 is 16.0 Å². The molecule has 0 saturated heterocycles. The van der Waals surface area contributed by atoms with E-state index >= 15 is 0 Å². The molecule has 0 bridgehead atoms. The van der Waals surface area contributed by atoms with E-state index < -0.39 is 17.1 Å². The second kappa shape index (κ2) is 14.2. The van der Waals surface area contributed by atoms with Crippen LogP contribution in [0, 0.1) is 0 Å². The lowest BCUT2D eigenvalue weighted by molar-refractivity contribution is -0.115. The Labute approximate surface area is 257 Å². The van der Waals surface area contributed by atoms with Gasteiger partial charge >= 0.3 is 0 Å². The number of nitrogens with one attached hydrogen (secondary N) is 3. The SMILES string of the molecule is CC(Sc1cccc(NC(=O)/C(=C\c2ccccc2Cl)NC(=O)c2ccccc2)c1)C(=O)Nc1cccc(Cl)c1Cl. The molecule has 0 heterocycles. The summed E-state index contributed by atoms with van der Waals surface area (Å²) in [5.41, 5.74) is 1.88. The van der Waals surface area contributed by atoms with Gasteiger partial charge < -0.3 is 16.0 Å². The standard InChI is InChI=1S/C31H24Cl3N3O3S/c1-19(29(38)36-26-16-8-15-25(33)28(26)34)41-23-13-7-12-22(18-23)35-31(40)27(17-21-11-5-6-14-24(21)32)37-30(39)20-9-3-2-4-10-20/h2-19H,1H3,(H,35,40)(H,36,38)(H,37,39)/b27-17+. The molecule has 6 nitrogen and oxygen atoms in total. The fourth-order valence-corrected chi connectivity index (χ4v) is 5.09. The van der Waals surface area contributed by atoms with Crippen molar-refractivity contribution < 1.29 is 14.4 Å². The lowest BCUT2D eigenvalue weighted by atomic mass is 10.1. The fraction of sp³-hybridized carbons (Fsp3) is 0.0645. The summed E-state index contributed by atoms with van der Waals surface area (Å²) in [6.45, 7) is 1.76. The smallest absolute Gasteiger partial charge is 0.272 e. The Morgan fingerprint density at radius 1 is 0.780 bits per heavy atom. The molecule has 0 fully saturated rings. The number of amides is 3. The molecular formula is C31H24Cl3N3O3S. The van der Waals surface area contributed by atoms with Crippen molar-refractivity contribution in [1.82, 2.24) is 5.32 Å². The van der Waals surface area contributed by atoms with Crippen molar-refractivity contribution in [3.8, 4) is 0 Å². The molecule has 3 amide bonds. The lowest BCUT2D eigenvalue weighted by Crippen LogP contribution is -2.30. The van der Waals surface area contributed by atoms with E-state index in [4.69, 9.17) is 34.8 Å². The van der Waals surface area contributed by atoms with Crippen molar-refractivity contribution in [3.63, 3.8) is 0 Å². The third-order valence-electron chi connectivity index (χ3n) is 5.72. The van der Waals surface area contributed by atoms with Crippen molar-refractivity contribution >= 4 is 81.7 Å². The lowest BCUT2D eigenvalue weighted by Gasteiger charge is -2.15. The van der Waals surface area contributed by atoms with E-state index in [1.807, 2.05) is 6.07 Å². The van der Waals surface area contributed by atoms with Gasteiger partial charge in [-0.25, -0.2) is 0 Å². The van der Waals surface area contributed by atoms with Gasteiger partial charge in [0.1, 0.15) is 5.70 Å². The Morgan fingerprint density at radius 3 is 2.22 bits per heavy atom. The first kappa shape index (κ1) is 30.2. The zero-order valence-corrected chi connectivity index (χ0v) is 24.7. The van der Waals surface area contributed by atoms with Gasteiger partial charge in [-0.15, -0.1) is 11.8 Å². The predicted octanol–water partition coefficient (Wildman–Crippen LogP) is 8.18. The molecule has 10 heteroatoms. The predicted molar refractivity (Wildman–Crippen MR) is 169 cm³/mol. The van der Waals surface area contributed by atoms with E-state index in [9.17, 15) is 14.4 Å². The monoisotopic (exact) mass is 623 g/mol. The van der Waals surface area contributed by atoms with Crippen molar-refractivity contribution in [1.29, 1.82) is 0 Å². The minimum absolute atomic E-state index is 0.0103.